The highest BCUT2D eigenvalue weighted by Gasteiger charge is 2.28. The van der Waals surface area contributed by atoms with Crippen molar-refractivity contribution in [3.63, 3.8) is 0 Å². The molecule has 1 aromatic rings. The van der Waals surface area contributed by atoms with Gasteiger partial charge in [-0.2, -0.15) is 11.8 Å². The normalized spacial score (nSPS) is 26.3. The van der Waals surface area contributed by atoms with Gasteiger partial charge in [0.1, 0.15) is 0 Å². The first-order chi connectivity index (χ1) is 10.1. The van der Waals surface area contributed by atoms with E-state index in [0.717, 1.165) is 30.7 Å². The molecule has 2 N–H and O–H groups in total. The molecule has 2 fully saturated rings. The molecule has 21 heavy (non-hydrogen) atoms. The van der Waals surface area contributed by atoms with Gasteiger partial charge in [-0.15, -0.1) is 11.3 Å². The van der Waals surface area contributed by atoms with Crippen LogP contribution in [0.5, 0.6) is 0 Å². The summed E-state index contributed by atoms with van der Waals surface area (Å²) in [6.45, 7) is 0.781. The Balaban J connectivity index is 1.58. The van der Waals surface area contributed by atoms with Crippen LogP contribution in [0.4, 0.5) is 0 Å². The van der Waals surface area contributed by atoms with Crippen LogP contribution in [0.1, 0.15) is 37.0 Å². The molecular formula is C14H22N2O2S3. The van der Waals surface area contributed by atoms with Crippen LogP contribution in [-0.2, 0) is 16.6 Å². The average Bonchev–Trinajstić information content (AvgIpc) is 2.98. The Bertz CT molecular complexity index is 581. The van der Waals surface area contributed by atoms with E-state index in [2.05, 4.69) is 16.3 Å². The molecule has 0 aliphatic heterocycles. The standard InChI is InChI=1S/C14H22N2O2S3/c1-19-12-5-4-11(6-12)16-21(17,18)14-7-13(20-9-14)8-15-10-2-3-10/h7,9-12,15-16H,2-6,8H2,1H3. The second kappa shape index (κ2) is 6.58. The third-order valence-corrected chi connectivity index (χ3v) is 7.80. The minimum absolute atomic E-state index is 0.0976. The van der Waals surface area contributed by atoms with E-state index in [0.29, 0.717) is 16.2 Å². The molecule has 2 saturated carbocycles. The summed E-state index contributed by atoms with van der Waals surface area (Å²) in [5.41, 5.74) is 0. The number of sulfonamides is 1. The predicted octanol–water partition coefficient (Wildman–Crippen LogP) is 2.56. The maximum atomic E-state index is 12.4. The van der Waals surface area contributed by atoms with Gasteiger partial charge in [-0.25, -0.2) is 13.1 Å². The van der Waals surface area contributed by atoms with Crippen molar-refractivity contribution in [3.05, 3.63) is 16.3 Å². The highest BCUT2D eigenvalue weighted by molar-refractivity contribution is 7.99. The molecule has 0 aromatic carbocycles. The molecule has 2 unspecified atom stereocenters. The summed E-state index contributed by atoms with van der Waals surface area (Å²) < 4.78 is 27.7. The minimum atomic E-state index is -3.35. The minimum Gasteiger partial charge on any atom is -0.309 e. The molecule has 1 heterocycles. The van der Waals surface area contributed by atoms with Crippen LogP contribution >= 0.6 is 23.1 Å². The summed E-state index contributed by atoms with van der Waals surface area (Å²) in [6.07, 6.45) is 7.59. The van der Waals surface area contributed by atoms with E-state index in [1.807, 2.05) is 17.8 Å². The van der Waals surface area contributed by atoms with Crippen LogP contribution in [0.3, 0.4) is 0 Å². The molecule has 0 amide bonds. The van der Waals surface area contributed by atoms with Crippen molar-refractivity contribution in [3.8, 4) is 0 Å². The van der Waals surface area contributed by atoms with Gasteiger partial charge in [0, 0.05) is 34.1 Å². The zero-order chi connectivity index (χ0) is 14.9. The molecule has 2 aliphatic carbocycles. The first-order valence-electron chi connectivity index (χ1n) is 7.43. The van der Waals surface area contributed by atoms with Crippen LogP contribution in [0.15, 0.2) is 16.3 Å². The van der Waals surface area contributed by atoms with Gasteiger partial charge in [-0.3, -0.25) is 0 Å². The molecule has 7 heteroatoms. The predicted molar refractivity (Wildman–Crippen MR) is 89.4 cm³/mol. The first-order valence-corrected chi connectivity index (χ1v) is 11.1. The summed E-state index contributed by atoms with van der Waals surface area (Å²) in [4.78, 5) is 1.52. The Morgan fingerprint density at radius 1 is 1.29 bits per heavy atom. The number of thioether (sulfide) groups is 1. The summed E-state index contributed by atoms with van der Waals surface area (Å²) >= 11 is 3.36. The van der Waals surface area contributed by atoms with Gasteiger partial charge in [0.05, 0.1) is 4.90 Å². The zero-order valence-corrected chi connectivity index (χ0v) is 14.6. The number of nitrogens with one attached hydrogen (secondary N) is 2. The summed E-state index contributed by atoms with van der Waals surface area (Å²) in [5, 5.41) is 5.77. The van der Waals surface area contributed by atoms with Gasteiger partial charge in [-0.1, -0.05) is 0 Å². The second-order valence-electron chi connectivity index (χ2n) is 5.89. The monoisotopic (exact) mass is 346 g/mol. The highest BCUT2D eigenvalue weighted by atomic mass is 32.2. The van der Waals surface area contributed by atoms with E-state index in [1.54, 1.807) is 5.38 Å². The van der Waals surface area contributed by atoms with Crippen molar-refractivity contribution in [2.75, 3.05) is 6.26 Å². The average molecular weight is 347 g/mol. The molecule has 118 valence electrons. The Morgan fingerprint density at radius 2 is 2.05 bits per heavy atom. The number of hydrogen-bond donors (Lipinski definition) is 2. The van der Waals surface area contributed by atoms with E-state index < -0.39 is 10.0 Å². The molecule has 0 bridgehead atoms. The SMILES string of the molecule is CSC1CCC(NS(=O)(=O)c2csc(CNC3CC3)c2)C1. The van der Waals surface area contributed by atoms with Crippen molar-refractivity contribution >= 4 is 33.1 Å². The van der Waals surface area contributed by atoms with Gasteiger partial charge >= 0.3 is 0 Å². The quantitative estimate of drug-likeness (QED) is 0.797. The summed E-state index contributed by atoms with van der Waals surface area (Å²) in [5.74, 6) is 0. The lowest BCUT2D eigenvalue weighted by Gasteiger charge is -2.12. The third-order valence-electron chi connectivity index (χ3n) is 4.12. The number of hydrogen-bond acceptors (Lipinski definition) is 5. The fourth-order valence-electron chi connectivity index (χ4n) is 2.68. The van der Waals surface area contributed by atoms with Crippen LogP contribution in [0.25, 0.3) is 0 Å². The maximum absolute atomic E-state index is 12.4. The van der Waals surface area contributed by atoms with Crippen LogP contribution in [-0.4, -0.2) is 32.0 Å². The van der Waals surface area contributed by atoms with E-state index in [9.17, 15) is 8.42 Å². The molecule has 2 aliphatic rings. The topological polar surface area (TPSA) is 58.2 Å². The van der Waals surface area contributed by atoms with E-state index in [4.69, 9.17) is 0 Å². The van der Waals surface area contributed by atoms with Crippen molar-refractivity contribution in [2.45, 2.75) is 60.9 Å². The Morgan fingerprint density at radius 3 is 2.71 bits per heavy atom. The molecule has 0 saturated heterocycles. The van der Waals surface area contributed by atoms with Gasteiger partial charge in [0.25, 0.3) is 0 Å². The lowest BCUT2D eigenvalue weighted by atomic mass is 10.3. The summed E-state index contributed by atoms with van der Waals surface area (Å²) in [7, 11) is -3.35. The highest BCUT2D eigenvalue weighted by Crippen LogP contribution is 2.29. The molecule has 3 rings (SSSR count). The van der Waals surface area contributed by atoms with E-state index >= 15 is 0 Å². The molecule has 1 aromatic heterocycles. The molecular weight excluding hydrogens is 324 g/mol. The van der Waals surface area contributed by atoms with Crippen molar-refractivity contribution < 1.29 is 8.42 Å². The smallest absolute Gasteiger partial charge is 0.241 e. The Kier molecular flexibility index (Phi) is 4.95. The van der Waals surface area contributed by atoms with Crippen LogP contribution < -0.4 is 10.0 Å². The van der Waals surface area contributed by atoms with Crippen molar-refractivity contribution in [1.29, 1.82) is 0 Å². The third kappa shape index (κ3) is 4.22. The van der Waals surface area contributed by atoms with E-state index in [-0.39, 0.29) is 6.04 Å². The van der Waals surface area contributed by atoms with Crippen molar-refractivity contribution in [2.24, 2.45) is 0 Å². The maximum Gasteiger partial charge on any atom is 0.241 e. The lowest BCUT2D eigenvalue weighted by Crippen LogP contribution is -2.32. The molecule has 0 spiro atoms. The van der Waals surface area contributed by atoms with Crippen LogP contribution in [0.2, 0.25) is 0 Å². The van der Waals surface area contributed by atoms with Gasteiger partial charge in [0.2, 0.25) is 10.0 Å². The lowest BCUT2D eigenvalue weighted by molar-refractivity contribution is 0.553. The van der Waals surface area contributed by atoms with Crippen molar-refractivity contribution in [1.82, 2.24) is 10.0 Å². The molecule has 4 nitrogen and oxygen atoms in total. The molecule has 0 radical (unpaired) electrons. The number of rotatable bonds is 7. The van der Waals surface area contributed by atoms with Crippen LogP contribution in [0, 0.1) is 0 Å². The second-order valence-corrected chi connectivity index (χ2v) is 9.74. The zero-order valence-electron chi connectivity index (χ0n) is 12.2. The van der Waals surface area contributed by atoms with Gasteiger partial charge in [0.15, 0.2) is 0 Å². The van der Waals surface area contributed by atoms with E-state index in [1.165, 1.54) is 24.2 Å². The first kappa shape index (κ1) is 15.8. The molecule has 2 atom stereocenters. The van der Waals surface area contributed by atoms with Gasteiger partial charge in [-0.05, 0) is 44.4 Å². The Labute approximate surface area is 135 Å². The summed E-state index contributed by atoms with van der Waals surface area (Å²) in [6, 6.07) is 2.55. The Hall–Kier alpha value is -0.0800. The number of thiophene rings is 1. The largest absolute Gasteiger partial charge is 0.309 e. The fourth-order valence-corrected chi connectivity index (χ4v) is 5.98. The fraction of sp³-hybridized carbons (Fsp3) is 0.714. The van der Waals surface area contributed by atoms with Gasteiger partial charge < -0.3 is 5.32 Å².